The normalized spacial score (nSPS) is 28.1. The standard InChI is InChI=1S/C27H34N2O3/c1-27(2)12-9-21-15-20(19-5-4-6-22(16-19)32-3)7-8-23(21)25(27)29(26(30)31)24-17-28-13-10-18(24)11-14-28/h4-8,15-16,18,24-25H,9-14,17H2,1-3H3,(H,30,31)/p-1/t24-,25+/m1/s1. The van der Waals surface area contributed by atoms with E-state index in [1.165, 1.54) is 5.56 Å². The van der Waals surface area contributed by atoms with Gasteiger partial charge in [0, 0.05) is 12.6 Å². The zero-order valence-corrected chi connectivity index (χ0v) is 19.3. The van der Waals surface area contributed by atoms with Crippen LogP contribution in [0, 0.1) is 11.3 Å². The number of rotatable bonds is 4. The number of carbonyl (C=O) groups is 1. The average molecular weight is 434 g/mol. The van der Waals surface area contributed by atoms with Gasteiger partial charge in [0.25, 0.3) is 0 Å². The first-order valence-corrected chi connectivity index (χ1v) is 11.9. The van der Waals surface area contributed by atoms with Crippen LogP contribution in [0.5, 0.6) is 5.75 Å². The monoisotopic (exact) mass is 433 g/mol. The highest BCUT2D eigenvalue weighted by Crippen LogP contribution is 2.50. The molecule has 0 unspecified atom stereocenters. The summed E-state index contributed by atoms with van der Waals surface area (Å²) in [4.78, 5) is 16.8. The number of piperidine rings is 3. The SMILES string of the molecule is COc1cccc(-c2ccc3c(c2)CCC(C)(C)[C@H]3N(C(=O)[O-])[C@@H]2CN3CCC2CC3)c1. The zero-order valence-electron chi connectivity index (χ0n) is 19.3. The summed E-state index contributed by atoms with van der Waals surface area (Å²) >= 11 is 0. The van der Waals surface area contributed by atoms with Crippen molar-refractivity contribution < 1.29 is 14.6 Å². The van der Waals surface area contributed by atoms with Gasteiger partial charge in [0.15, 0.2) is 0 Å². The minimum atomic E-state index is -1.02. The third kappa shape index (κ3) is 3.66. The molecule has 3 aliphatic heterocycles. The highest BCUT2D eigenvalue weighted by molar-refractivity contribution is 5.68. The van der Waals surface area contributed by atoms with E-state index in [1.807, 2.05) is 18.2 Å². The van der Waals surface area contributed by atoms with Gasteiger partial charge in [0.1, 0.15) is 11.8 Å². The molecule has 2 atom stereocenters. The molecule has 0 aromatic heterocycles. The molecule has 0 saturated carbocycles. The number of fused-ring (bicyclic) bond motifs is 4. The smallest absolute Gasteiger partial charge is 0.137 e. The minimum Gasteiger partial charge on any atom is -0.530 e. The van der Waals surface area contributed by atoms with Gasteiger partial charge in [-0.15, -0.1) is 0 Å². The second kappa shape index (κ2) is 8.11. The molecule has 3 saturated heterocycles. The second-order valence-corrected chi connectivity index (χ2v) is 10.4. The second-order valence-electron chi connectivity index (χ2n) is 10.4. The summed E-state index contributed by atoms with van der Waals surface area (Å²) < 4.78 is 5.40. The van der Waals surface area contributed by atoms with Gasteiger partial charge in [0.2, 0.25) is 0 Å². The van der Waals surface area contributed by atoms with E-state index in [1.54, 1.807) is 12.0 Å². The van der Waals surface area contributed by atoms with Crippen LogP contribution in [0.15, 0.2) is 42.5 Å². The van der Waals surface area contributed by atoms with Gasteiger partial charge in [0.05, 0.1) is 13.2 Å². The maximum absolute atomic E-state index is 12.6. The van der Waals surface area contributed by atoms with Crippen LogP contribution in [0.4, 0.5) is 4.79 Å². The molecule has 5 nitrogen and oxygen atoms in total. The molecule has 0 spiro atoms. The van der Waals surface area contributed by atoms with Crippen molar-refractivity contribution in [3.63, 3.8) is 0 Å². The Morgan fingerprint density at radius 1 is 1.12 bits per heavy atom. The third-order valence-corrected chi connectivity index (χ3v) is 8.09. The summed E-state index contributed by atoms with van der Waals surface area (Å²) in [5, 5.41) is 12.6. The Bertz CT molecular complexity index is 1010. The molecule has 3 fully saturated rings. The number of hydrogen-bond acceptors (Lipinski definition) is 4. The number of carbonyl (C=O) groups excluding carboxylic acids is 1. The third-order valence-electron chi connectivity index (χ3n) is 8.09. The summed E-state index contributed by atoms with van der Waals surface area (Å²) in [6.45, 7) is 7.46. The summed E-state index contributed by atoms with van der Waals surface area (Å²) in [5.74, 6) is 1.28. The van der Waals surface area contributed by atoms with Crippen LogP contribution in [0.2, 0.25) is 0 Å². The van der Waals surface area contributed by atoms with Crippen LogP contribution in [-0.2, 0) is 6.42 Å². The Kier molecular flexibility index (Phi) is 5.40. The fraction of sp³-hybridized carbons (Fsp3) is 0.519. The lowest BCUT2D eigenvalue weighted by molar-refractivity contribution is -0.277. The topological polar surface area (TPSA) is 55.8 Å². The maximum Gasteiger partial charge on any atom is 0.137 e. The number of nitrogens with zero attached hydrogens (tertiary/aromatic N) is 2. The van der Waals surface area contributed by atoms with Crippen LogP contribution in [-0.4, -0.2) is 48.7 Å². The van der Waals surface area contributed by atoms with Gasteiger partial charge >= 0.3 is 0 Å². The van der Waals surface area contributed by atoms with Crippen molar-refractivity contribution >= 4 is 6.09 Å². The number of hydrogen-bond donors (Lipinski definition) is 0. The average Bonchev–Trinajstić information content (AvgIpc) is 2.81. The van der Waals surface area contributed by atoms with E-state index in [9.17, 15) is 9.90 Å². The molecule has 0 radical (unpaired) electrons. The maximum atomic E-state index is 12.6. The van der Waals surface area contributed by atoms with Crippen LogP contribution in [0.3, 0.4) is 0 Å². The molecule has 3 heterocycles. The van der Waals surface area contributed by atoms with Crippen molar-refractivity contribution in [3.05, 3.63) is 53.6 Å². The van der Waals surface area contributed by atoms with Crippen LogP contribution < -0.4 is 9.84 Å². The molecule has 6 rings (SSSR count). The first-order chi connectivity index (χ1) is 15.4. The fourth-order valence-corrected chi connectivity index (χ4v) is 6.29. The van der Waals surface area contributed by atoms with Crippen LogP contribution in [0.1, 0.15) is 50.3 Å². The highest BCUT2D eigenvalue weighted by atomic mass is 16.5. The Morgan fingerprint density at radius 3 is 2.53 bits per heavy atom. The van der Waals surface area contributed by atoms with Gasteiger partial charge in [-0.2, -0.15) is 0 Å². The lowest BCUT2D eigenvalue weighted by Crippen LogP contribution is -2.63. The Hall–Kier alpha value is -2.53. The summed E-state index contributed by atoms with van der Waals surface area (Å²) in [5.41, 5.74) is 4.51. The molecule has 2 aromatic carbocycles. The van der Waals surface area contributed by atoms with E-state index in [0.29, 0.717) is 5.92 Å². The van der Waals surface area contributed by atoms with Crippen molar-refractivity contribution in [2.45, 2.75) is 51.6 Å². The number of benzene rings is 2. The Labute approximate surface area is 191 Å². The van der Waals surface area contributed by atoms with Crippen LogP contribution >= 0.6 is 0 Å². The van der Waals surface area contributed by atoms with Crippen molar-refractivity contribution in [2.24, 2.45) is 11.3 Å². The predicted molar refractivity (Wildman–Crippen MR) is 123 cm³/mol. The van der Waals surface area contributed by atoms with E-state index < -0.39 is 6.09 Å². The minimum absolute atomic E-state index is 0.0239. The number of ether oxygens (including phenoxy) is 1. The number of aryl methyl sites for hydroxylation is 1. The van der Waals surface area contributed by atoms with Crippen molar-refractivity contribution in [3.8, 4) is 16.9 Å². The Balaban J connectivity index is 1.54. The quantitative estimate of drug-likeness (QED) is 0.728. The lowest BCUT2D eigenvalue weighted by Gasteiger charge is -2.56. The van der Waals surface area contributed by atoms with Gasteiger partial charge in [-0.25, -0.2) is 0 Å². The molecule has 5 heteroatoms. The molecular weight excluding hydrogens is 400 g/mol. The van der Waals surface area contributed by atoms with Gasteiger partial charge in [-0.1, -0.05) is 44.2 Å². The van der Waals surface area contributed by atoms with E-state index in [-0.39, 0.29) is 17.5 Å². The van der Waals surface area contributed by atoms with Crippen molar-refractivity contribution in [1.29, 1.82) is 0 Å². The molecule has 1 aliphatic carbocycles. The summed E-state index contributed by atoms with van der Waals surface area (Å²) in [7, 11) is 1.68. The predicted octanol–water partition coefficient (Wildman–Crippen LogP) is 4.12. The molecule has 2 aromatic rings. The number of methoxy groups -OCH3 is 1. The van der Waals surface area contributed by atoms with Gasteiger partial charge in [-0.05, 0) is 84.5 Å². The first kappa shape index (κ1) is 21.3. The van der Waals surface area contributed by atoms with E-state index in [4.69, 9.17) is 4.74 Å². The van der Waals surface area contributed by atoms with E-state index >= 15 is 0 Å². The molecule has 170 valence electrons. The van der Waals surface area contributed by atoms with Crippen molar-refractivity contribution in [1.82, 2.24) is 9.80 Å². The molecule has 1 amide bonds. The van der Waals surface area contributed by atoms with E-state index in [0.717, 1.165) is 67.8 Å². The largest absolute Gasteiger partial charge is 0.530 e. The molecule has 0 N–H and O–H groups in total. The van der Waals surface area contributed by atoms with Gasteiger partial charge < -0.3 is 24.4 Å². The summed E-state index contributed by atoms with van der Waals surface area (Å²) in [6, 6.07) is 14.5. The van der Waals surface area contributed by atoms with Crippen LogP contribution in [0.25, 0.3) is 11.1 Å². The highest BCUT2D eigenvalue weighted by Gasteiger charge is 2.46. The lowest BCUT2D eigenvalue weighted by atomic mass is 9.68. The summed E-state index contributed by atoms with van der Waals surface area (Å²) in [6.07, 6.45) is 3.06. The molecule has 4 aliphatic rings. The Morgan fingerprint density at radius 2 is 1.88 bits per heavy atom. The molecule has 32 heavy (non-hydrogen) atoms. The fourth-order valence-electron chi connectivity index (χ4n) is 6.29. The molecular formula is C27H33N2O3-. The number of amides is 1. The van der Waals surface area contributed by atoms with Crippen molar-refractivity contribution in [2.75, 3.05) is 26.7 Å². The first-order valence-electron chi connectivity index (χ1n) is 11.9. The molecule has 2 bridgehead atoms. The zero-order chi connectivity index (χ0) is 22.5. The number of carboxylic acid groups (broad SMARTS) is 1. The van der Waals surface area contributed by atoms with E-state index in [2.05, 4.69) is 43.0 Å². The van der Waals surface area contributed by atoms with Gasteiger partial charge in [-0.3, -0.25) is 0 Å².